The lowest BCUT2D eigenvalue weighted by molar-refractivity contribution is -0.230. The van der Waals surface area contributed by atoms with Crippen molar-refractivity contribution in [1.82, 2.24) is 0 Å². The SMILES string of the molecule is O=C(OC[C@H]1O[C@H](CC(c2ccccc2)c2ccccc2)[C@H](OC(=O)c2ccccc2)[C@@H](OC(=O)c2ccccc2)[C@@H]1OC(=O)c1ccccc1)c1ccccc1. The van der Waals surface area contributed by atoms with Crippen molar-refractivity contribution in [1.29, 1.82) is 0 Å². The van der Waals surface area contributed by atoms with Crippen LogP contribution in [0.25, 0.3) is 0 Å². The van der Waals surface area contributed by atoms with Crippen LogP contribution >= 0.6 is 0 Å². The van der Waals surface area contributed by atoms with Crippen molar-refractivity contribution in [3.63, 3.8) is 0 Å². The van der Waals surface area contributed by atoms with E-state index in [2.05, 4.69) is 0 Å². The van der Waals surface area contributed by atoms with Gasteiger partial charge in [0.2, 0.25) is 0 Å². The maximum Gasteiger partial charge on any atom is 0.338 e. The highest BCUT2D eigenvalue weighted by Gasteiger charge is 2.53. The fourth-order valence-electron chi connectivity index (χ4n) is 6.91. The summed E-state index contributed by atoms with van der Waals surface area (Å²) in [5.41, 5.74) is 2.92. The minimum atomic E-state index is -1.43. The molecule has 0 aromatic heterocycles. The van der Waals surface area contributed by atoms with Crippen LogP contribution in [0, 0.1) is 0 Å². The second kappa shape index (κ2) is 18.7. The van der Waals surface area contributed by atoms with Crippen LogP contribution in [-0.4, -0.2) is 61.0 Å². The minimum Gasteiger partial charge on any atom is -0.459 e. The van der Waals surface area contributed by atoms with Gasteiger partial charge in [-0.1, -0.05) is 133 Å². The lowest BCUT2D eigenvalue weighted by Crippen LogP contribution is -2.62. The van der Waals surface area contributed by atoms with E-state index in [1.54, 1.807) is 121 Å². The molecule has 9 heteroatoms. The zero-order valence-corrected chi connectivity index (χ0v) is 30.9. The summed E-state index contributed by atoms with van der Waals surface area (Å²) in [6, 6.07) is 53.1. The second-order valence-electron chi connectivity index (χ2n) is 13.5. The van der Waals surface area contributed by atoms with Crippen molar-refractivity contribution in [2.75, 3.05) is 6.61 Å². The van der Waals surface area contributed by atoms with E-state index in [-0.39, 0.29) is 29.0 Å². The van der Waals surface area contributed by atoms with E-state index in [0.717, 1.165) is 11.1 Å². The van der Waals surface area contributed by atoms with Crippen LogP contribution in [0.1, 0.15) is 64.9 Å². The Morgan fingerprint density at radius 3 is 1.11 bits per heavy atom. The first-order valence-electron chi connectivity index (χ1n) is 18.7. The van der Waals surface area contributed by atoms with Gasteiger partial charge in [0, 0.05) is 5.92 Å². The zero-order valence-electron chi connectivity index (χ0n) is 30.9. The molecule has 1 saturated heterocycles. The zero-order chi connectivity index (χ0) is 39.4. The molecule has 1 heterocycles. The highest BCUT2D eigenvalue weighted by Crippen LogP contribution is 2.38. The number of ether oxygens (including phenoxy) is 5. The van der Waals surface area contributed by atoms with E-state index in [1.165, 1.54) is 0 Å². The molecule has 0 amide bonds. The predicted molar refractivity (Wildman–Crippen MR) is 212 cm³/mol. The third-order valence-electron chi connectivity index (χ3n) is 9.75. The normalized spacial score (nSPS) is 18.9. The molecule has 1 fully saturated rings. The van der Waals surface area contributed by atoms with E-state index in [0.29, 0.717) is 5.56 Å². The van der Waals surface area contributed by atoms with Gasteiger partial charge in [-0.25, -0.2) is 19.2 Å². The Bertz CT molecular complexity index is 2180. The number of carbonyl (C=O) groups is 4. The summed E-state index contributed by atoms with van der Waals surface area (Å²) in [7, 11) is 0. The lowest BCUT2D eigenvalue weighted by atomic mass is 9.82. The summed E-state index contributed by atoms with van der Waals surface area (Å²) in [6.45, 7) is -0.392. The Morgan fingerprint density at radius 1 is 0.404 bits per heavy atom. The molecule has 0 saturated carbocycles. The predicted octanol–water partition coefficient (Wildman–Crippen LogP) is 8.51. The van der Waals surface area contributed by atoms with Gasteiger partial charge in [-0.3, -0.25) is 0 Å². The first-order valence-corrected chi connectivity index (χ1v) is 18.7. The summed E-state index contributed by atoms with van der Waals surface area (Å²) in [5.74, 6) is -3.12. The fraction of sp³-hybridized carbons (Fsp3) is 0.167. The van der Waals surface area contributed by atoms with Gasteiger partial charge in [0.05, 0.1) is 28.4 Å². The van der Waals surface area contributed by atoms with Crippen LogP contribution in [-0.2, 0) is 23.7 Å². The highest BCUT2D eigenvalue weighted by atomic mass is 16.7. The Hall–Kier alpha value is -6.84. The van der Waals surface area contributed by atoms with Crippen molar-refractivity contribution in [3.8, 4) is 0 Å². The molecule has 1 aliphatic heterocycles. The quantitative estimate of drug-likeness (QED) is 0.0845. The minimum absolute atomic E-state index is 0.221. The number of esters is 4. The smallest absolute Gasteiger partial charge is 0.338 e. The summed E-state index contributed by atoms with van der Waals surface area (Å²) in [6.07, 6.45) is -6.08. The largest absolute Gasteiger partial charge is 0.459 e. The molecule has 0 bridgehead atoms. The van der Waals surface area contributed by atoms with Gasteiger partial charge in [0.15, 0.2) is 18.3 Å². The molecule has 0 spiro atoms. The van der Waals surface area contributed by atoms with Gasteiger partial charge in [0.1, 0.15) is 12.7 Å². The van der Waals surface area contributed by atoms with Gasteiger partial charge in [-0.2, -0.15) is 0 Å². The summed E-state index contributed by atoms with van der Waals surface area (Å²) < 4.78 is 31.5. The maximum absolute atomic E-state index is 14.0. The van der Waals surface area contributed by atoms with Gasteiger partial charge < -0.3 is 23.7 Å². The van der Waals surface area contributed by atoms with E-state index in [9.17, 15) is 19.2 Å². The highest BCUT2D eigenvalue weighted by molar-refractivity contribution is 5.91. The molecule has 1 aliphatic rings. The average molecular weight is 761 g/mol. The van der Waals surface area contributed by atoms with Crippen molar-refractivity contribution < 1.29 is 42.9 Å². The molecular weight excluding hydrogens is 721 g/mol. The molecule has 0 radical (unpaired) electrons. The van der Waals surface area contributed by atoms with Gasteiger partial charge in [-0.05, 0) is 66.1 Å². The second-order valence-corrected chi connectivity index (χ2v) is 13.5. The molecule has 286 valence electrons. The molecule has 0 unspecified atom stereocenters. The molecular formula is C48H40O9. The number of rotatable bonds is 13. The van der Waals surface area contributed by atoms with Crippen molar-refractivity contribution in [2.24, 2.45) is 0 Å². The third kappa shape index (κ3) is 9.70. The van der Waals surface area contributed by atoms with Crippen LogP contribution in [0.5, 0.6) is 0 Å². The Balaban J connectivity index is 1.33. The first kappa shape index (κ1) is 38.4. The standard InChI is InChI=1S/C48H40O9/c49-45(35-23-11-3-12-24-35)53-32-41-43(56-47(51)37-27-15-5-16-28-37)44(57-48(52)38-29-17-6-18-30-38)42(55-46(50)36-25-13-4-14-26-36)40(54-41)31-39(33-19-7-1-8-20-33)34-21-9-2-10-22-34/h1-30,39-44H,31-32H2/t40-,41-,42+,43-,44-/m1/s1. The van der Waals surface area contributed by atoms with Crippen LogP contribution < -0.4 is 0 Å². The molecule has 6 aromatic carbocycles. The van der Waals surface area contributed by atoms with E-state index in [4.69, 9.17) is 23.7 Å². The fourth-order valence-corrected chi connectivity index (χ4v) is 6.91. The van der Waals surface area contributed by atoms with Crippen molar-refractivity contribution in [2.45, 2.75) is 42.9 Å². The maximum atomic E-state index is 14.0. The van der Waals surface area contributed by atoms with Gasteiger partial charge in [0.25, 0.3) is 0 Å². The molecule has 0 N–H and O–H groups in total. The van der Waals surface area contributed by atoms with Crippen molar-refractivity contribution in [3.05, 3.63) is 215 Å². The topological polar surface area (TPSA) is 114 Å². The van der Waals surface area contributed by atoms with Crippen LogP contribution in [0.2, 0.25) is 0 Å². The van der Waals surface area contributed by atoms with Crippen molar-refractivity contribution >= 4 is 23.9 Å². The number of benzene rings is 6. The van der Waals surface area contributed by atoms with Gasteiger partial charge >= 0.3 is 23.9 Å². The van der Waals surface area contributed by atoms with E-state index in [1.807, 2.05) is 60.7 Å². The molecule has 7 rings (SSSR count). The van der Waals surface area contributed by atoms with Gasteiger partial charge in [-0.15, -0.1) is 0 Å². The summed E-state index contributed by atoms with van der Waals surface area (Å²) >= 11 is 0. The Morgan fingerprint density at radius 2 is 0.719 bits per heavy atom. The first-order chi connectivity index (χ1) is 27.9. The van der Waals surface area contributed by atoms with Crippen LogP contribution in [0.4, 0.5) is 0 Å². The number of hydrogen-bond acceptors (Lipinski definition) is 9. The van der Waals surface area contributed by atoms with E-state index < -0.39 is 61.0 Å². The third-order valence-corrected chi connectivity index (χ3v) is 9.75. The summed E-state index contributed by atoms with van der Waals surface area (Å²) in [4.78, 5) is 55.2. The molecule has 6 aromatic rings. The number of carbonyl (C=O) groups excluding carboxylic acids is 4. The molecule has 9 nitrogen and oxygen atoms in total. The van der Waals surface area contributed by atoms with Crippen LogP contribution in [0.3, 0.4) is 0 Å². The average Bonchev–Trinajstić information content (AvgIpc) is 3.28. The molecule has 0 aliphatic carbocycles. The monoisotopic (exact) mass is 760 g/mol. The lowest BCUT2D eigenvalue weighted by Gasteiger charge is -2.45. The molecule has 57 heavy (non-hydrogen) atoms. The number of hydrogen-bond donors (Lipinski definition) is 0. The molecule has 5 atom stereocenters. The Kier molecular flexibility index (Phi) is 12.6. The summed E-state index contributed by atoms with van der Waals surface area (Å²) in [5, 5.41) is 0. The Labute approximate surface area is 330 Å². The van der Waals surface area contributed by atoms with E-state index >= 15 is 0 Å². The van der Waals surface area contributed by atoms with Crippen LogP contribution in [0.15, 0.2) is 182 Å².